The number of nitrogens with one attached hydrogen (secondary N) is 1. The normalized spacial score (nSPS) is 12.6. The Morgan fingerprint density at radius 1 is 1.00 bits per heavy atom. The lowest BCUT2D eigenvalue weighted by Crippen LogP contribution is -2.46. The van der Waals surface area contributed by atoms with E-state index in [1.807, 2.05) is 0 Å². The van der Waals surface area contributed by atoms with Crippen LogP contribution in [0.3, 0.4) is 0 Å². The summed E-state index contributed by atoms with van der Waals surface area (Å²) in [6, 6.07) is 8.62. The maximum Gasteiger partial charge on any atom is 0.332 e. The van der Waals surface area contributed by atoms with Crippen LogP contribution in [0.15, 0.2) is 57.0 Å². The molecule has 0 radical (unpaired) electrons. The van der Waals surface area contributed by atoms with E-state index in [0.29, 0.717) is 11.3 Å². The average molecular weight is 401 g/mol. The third-order valence-electron chi connectivity index (χ3n) is 4.49. The molecule has 2 heterocycles. The van der Waals surface area contributed by atoms with E-state index in [1.165, 1.54) is 53.3 Å². The minimum atomic E-state index is -1.05. The van der Waals surface area contributed by atoms with Crippen LogP contribution in [0, 0.1) is 17.5 Å². The lowest BCUT2D eigenvalue weighted by molar-refractivity contribution is 0.506. The van der Waals surface area contributed by atoms with Crippen LogP contribution in [0.5, 0.6) is 0 Å². The molecule has 0 saturated carbocycles. The number of nitrogens with zero attached hydrogens (tertiary/aromatic N) is 4. The Bertz CT molecular complexity index is 1250. The number of aromatic nitrogens is 2. The lowest BCUT2D eigenvalue weighted by atomic mass is 10.2. The van der Waals surface area contributed by atoms with Gasteiger partial charge in [0, 0.05) is 7.05 Å². The van der Waals surface area contributed by atoms with Gasteiger partial charge in [-0.05, 0) is 42.0 Å². The molecule has 148 valence electrons. The molecule has 1 N–H and O–H groups in total. The van der Waals surface area contributed by atoms with E-state index in [0.717, 1.165) is 16.7 Å². The average Bonchev–Trinajstić information content (AvgIpc) is 2.72. The molecule has 0 fully saturated rings. The fourth-order valence-corrected chi connectivity index (χ4v) is 3.04. The topological polar surface area (TPSA) is 71.6 Å². The van der Waals surface area contributed by atoms with Crippen molar-refractivity contribution in [2.45, 2.75) is 6.54 Å². The van der Waals surface area contributed by atoms with Crippen molar-refractivity contribution in [3.8, 4) is 0 Å². The molecule has 0 aliphatic carbocycles. The molecule has 1 aromatic heterocycles. The summed E-state index contributed by atoms with van der Waals surface area (Å²) >= 11 is 0. The van der Waals surface area contributed by atoms with E-state index >= 15 is 0 Å². The molecule has 10 heteroatoms. The van der Waals surface area contributed by atoms with Crippen molar-refractivity contribution >= 4 is 23.5 Å². The second-order valence-electron chi connectivity index (χ2n) is 6.35. The van der Waals surface area contributed by atoms with Gasteiger partial charge in [-0.15, -0.1) is 0 Å². The zero-order valence-corrected chi connectivity index (χ0v) is 15.1. The van der Waals surface area contributed by atoms with Gasteiger partial charge in [0.25, 0.3) is 5.56 Å². The van der Waals surface area contributed by atoms with Gasteiger partial charge in [-0.3, -0.25) is 19.4 Å². The maximum atomic E-state index is 13.6. The van der Waals surface area contributed by atoms with Crippen LogP contribution < -0.4 is 21.7 Å². The third kappa shape index (κ3) is 3.18. The predicted octanol–water partition coefficient (Wildman–Crippen LogP) is 2.33. The number of aliphatic imine (C=N–C) groups is 1. The highest BCUT2D eigenvalue weighted by molar-refractivity contribution is 5.80. The summed E-state index contributed by atoms with van der Waals surface area (Å²) in [6.07, 6.45) is 1.26. The predicted molar refractivity (Wildman–Crippen MR) is 101 cm³/mol. The number of rotatable bonds is 3. The summed E-state index contributed by atoms with van der Waals surface area (Å²) in [4.78, 5) is 29.5. The monoisotopic (exact) mass is 401 g/mol. The van der Waals surface area contributed by atoms with E-state index < -0.39 is 28.7 Å². The van der Waals surface area contributed by atoms with Crippen LogP contribution in [0.4, 0.5) is 30.4 Å². The first-order chi connectivity index (χ1) is 13.9. The molecule has 0 saturated heterocycles. The van der Waals surface area contributed by atoms with Gasteiger partial charge in [-0.25, -0.2) is 28.0 Å². The standard InChI is InChI=1S/C19H14F3N5O2/c1-25-18(28)16-17(27(24-10-23-16)13-5-3-12(20)4-6-13)26(19(25)29)9-11-2-7-14(21)15(22)8-11/h2-8,10H,9H2,1H3,(H,23,24). The molecule has 2 aromatic carbocycles. The number of benzene rings is 2. The molecule has 1 aliphatic heterocycles. The van der Waals surface area contributed by atoms with E-state index in [4.69, 9.17) is 0 Å². The van der Waals surface area contributed by atoms with Crippen molar-refractivity contribution in [1.29, 1.82) is 0 Å². The molecule has 0 amide bonds. The van der Waals surface area contributed by atoms with E-state index in [-0.39, 0.29) is 18.1 Å². The van der Waals surface area contributed by atoms with Crippen LogP contribution in [-0.4, -0.2) is 15.5 Å². The molecular weight excluding hydrogens is 387 g/mol. The van der Waals surface area contributed by atoms with Crippen LogP contribution in [-0.2, 0) is 13.6 Å². The van der Waals surface area contributed by atoms with Gasteiger partial charge >= 0.3 is 5.69 Å². The summed E-state index contributed by atoms with van der Waals surface area (Å²) in [5, 5.41) is 1.39. The fourth-order valence-electron chi connectivity index (χ4n) is 3.04. The second-order valence-corrected chi connectivity index (χ2v) is 6.35. The molecular formula is C19H14F3N5O2. The number of hydrogen-bond donors (Lipinski definition) is 1. The summed E-state index contributed by atoms with van der Waals surface area (Å²) < 4.78 is 42.3. The Hall–Kier alpha value is -3.82. The van der Waals surface area contributed by atoms with Crippen molar-refractivity contribution < 1.29 is 13.2 Å². The minimum absolute atomic E-state index is 0.0299. The highest BCUT2D eigenvalue weighted by Gasteiger charge is 2.26. The lowest BCUT2D eigenvalue weighted by Gasteiger charge is -2.30. The molecule has 0 unspecified atom stereocenters. The molecule has 1 aliphatic rings. The highest BCUT2D eigenvalue weighted by Crippen LogP contribution is 2.31. The van der Waals surface area contributed by atoms with Gasteiger partial charge in [-0.2, -0.15) is 0 Å². The second kappa shape index (κ2) is 6.97. The van der Waals surface area contributed by atoms with Crippen molar-refractivity contribution in [3.63, 3.8) is 0 Å². The molecule has 7 nitrogen and oxygen atoms in total. The van der Waals surface area contributed by atoms with Crippen LogP contribution >= 0.6 is 0 Å². The first-order valence-electron chi connectivity index (χ1n) is 8.49. The number of fused-ring (bicyclic) bond motifs is 1. The summed E-state index contributed by atoms with van der Waals surface area (Å²) in [6.45, 7) is -0.151. The van der Waals surface area contributed by atoms with Gasteiger partial charge in [0.15, 0.2) is 23.1 Å². The number of hydrogen-bond acceptors (Lipinski definition) is 5. The Kier molecular flexibility index (Phi) is 4.45. The first kappa shape index (κ1) is 18.5. The summed E-state index contributed by atoms with van der Waals surface area (Å²) in [7, 11) is 1.30. The van der Waals surface area contributed by atoms with Gasteiger partial charge in [-0.1, -0.05) is 6.07 Å². The fraction of sp³-hybridized carbons (Fsp3) is 0.105. The highest BCUT2D eigenvalue weighted by atomic mass is 19.2. The van der Waals surface area contributed by atoms with E-state index in [2.05, 4.69) is 10.4 Å². The van der Waals surface area contributed by atoms with Gasteiger partial charge in [0.1, 0.15) is 12.2 Å². The van der Waals surface area contributed by atoms with Gasteiger partial charge in [0.05, 0.1) is 12.2 Å². The van der Waals surface area contributed by atoms with Crippen LogP contribution in [0.2, 0.25) is 0 Å². The molecule has 0 spiro atoms. The SMILES string of the molecule is Cn1c(=O)c2c(n(Cc3ccc(F)c(F)c3)c1=O)N(c1ccc(F)cc1)NC=N2. The number of halogens is 3. The van der Waals surface area contributed by atoms with Crippen molar-refractivity contribution in [2.75, 3.05) is 5.01 Å². The first-order valence-corrected chi connectivity index (χ1v) is 8.49. The zero-order valence-electron chi connectivity index (χ0n) is 15.1. The molecule has 0 bridgehead atoms. The quantitative estimate of drug-likeness (QED) is 0.731. The van der Waals surface area contributed by atoms with Crippen LogP contribution in [0.25, 0.3) is 0 Å². The largest absolute Gasteiger partial charge is 0.332 e. The maximum absolute atomic E-state index is 13.6. The minimum Gasteiger partial charge on any atom is -0.282 e. The van der Waals surface area contributed by atoms with Crippen molar-refractivity contribution in [1.82, 2.24) is 14.6 Å². The molecule has 29 heavy (non-hydrogen) atoms. The number of anilines is 2. The summed E-state index contributed by atoms with van der Waals surface area (Å²) in [5.41, 5.74) is 2.22. The smallest absolute Gasteiger partial charge is 0.282 e. The Morgan fingerprint density at radius 3 is 2.41 bits per heavy atom. The van der Waals surface area contributed by atoms with Gasteiger partial charge < -0.3 is 0 Å². The van der Waals surface area contributed by atoms with Crippen molar-refractivity contribution in [3.05, 3.63) is 86.3 Å². The zero-order chi connectivity index (χ0) is 20.7. The Morgan fingerprint density at radius 2 is 1.72 bits per heavy atom. The number of hydrazine groups is 1. The van der Waals surface area contributed by atoms with E-state index in [1.54, 1.807) is 0 Å². The molecule has 3 aromatic rings. The van der Waals surface area contributed by atoms with Gasteiger partial charge in [0.2, 0.25) is 0 Å². The molecule has 0 atom stereocenters. The molecule has 4 rings (SSSR count). The third-order valence-corrected chi connectivity index (χ3v) is 4.49. The van der Waals surface area contributed by atoms with E-state index in [9.17, 15) is 22.8 Å². The Labute approximate surface area is 161 Å². The Balaban J connectivity index is 1.93. The van der Waals surface area contributed by atoms with Crippen molar-refractivity contribution in [2.24, 2.45) is 12.0 Å². The van der Waals surface area contributed by atoms with Crippen LogP contribution in [0.1, 0.15) is 5.56 Å². The summed E-state index contributed by atoms with van der Waals surface area (Å²) in [5.74, 6) is -2.43.